The number of carbonyl (C=O) groups is 4. The van der Waals surface area contributed by atoms with E-state index in [2.05, 4.69) is 20.2 Å². The van der Waals surface area contributed by atoms with Gasteiger partial charge in [0.05, 0.1) is 13.1 Å². The summed E-state index contributed by atoms with van der Waals surface area (Å²) in [5.41, 5.74) is 0.464. The molecule has 11 heteroatoms. The van der Waals surface area contributed by atoms with Crippen LogP contribution < -0.4 is 5.32 Å². The van der Waals surface area contributed by atoms with Crippen LogP contribution in [0.2, 0.25) is 0 Å². The van der Waals surface area contributed by atoms with E-state index in [1.54, 1.807) is 11.1 Å². The molecule has 1 atom stereocenters. The van der Waals surface area contributed by atoms with Gasteiger partial charge in [0.1, 0.15) is 23.2 Å². The molecule has 1 aromatic rings. The lowest BCUT2D eigenvalue weighted by molar-refractivity contribution is -0.136. The zero-order valence-corrected chi connectivity index (χ0v) is 18.6. The van der Waals surface area contributed by atoms with Crippen LogP contribution in [-0.4, -0.2) is 86.3 Å². The van der Waals surface area contributed by atoms with Crippen molar-refractivity contribution in [3.8, 4) is 0 Å². The molecule has 0 saturated carbocycles. The first-order valence-electron chi connectivity index (χ1n) is 10.8. The molecule has 1 aromatic heterocycles. The highest BCUT2D eigenvalue weighted by Gasteiger charge is 2.40. The minimum Gasteiger partial charge on any atom is -0.444 e. The Morgan fingerprint density at radius 3 is 2.56 bits per heavy atom. The Morgan fingerprint density at radius 1 is 1.19 bits per heavy atom. The van der Waals surface area contributed by atoms with E-state index in [4.69, 9.17) is 4.74 Å². The molecule has 4 heterocycles. The molecule has 2 fully saturated rings. The summed E-state index contributed by atoms with van der Waals surface area (Å²) in [4.78, 5) is 62.8. The van der Waals surface area contributed by atoms with Crippen molar-refractivity contribution in [2.45, 2.75) is 58.3 Å². The average Bonchev–Trinajstić information content (AvgIpc) is 3.03. The van der Waals surface area contributed by atoms with Crippen LogP contribution in [0.3, 0.4) is 0 Å². The Morgan fingerprint density at radius 2 is 1.91 bits per heavy atom. The highest BCUT2D eigenvalue weighted by molar-refractivity contribution is 6.04. The van der Waals surface area contributed by atoms with Crippen LogP contribution in [0.1, 0.15) is 55.5 Å². The summed E-state index contributed by atoms with van der Waals surface area (Å²) in [7, 11) is 0. The Labute approximate surface area is 186 Å². The predicted octanol–water partition coefficient (Wildman–Crippen LogP) is 0.290. The lowest BCUT2D eigenvalue weighted by Crippen LogP contribution is -2.52. The van der Waals surface area contributed by atoms with E-state index >= 15 is 0 Å². The normalized spacial score (nSPS) is 22.1. The lowest BCUT2D eigenvalue weighted by Gasteiger charge is -2.35. The molecule has 0 radical (unpaired) electrons. The molecule has 4 amide bonds. The number of ether oxygens (including phenoxy) is 1. The number of hydrogen-bond donors (Lipinski definition) is 1. The van der Waals surface area contributed by atoms with Gasteiger partial charge in [-0.2, -0.15) is 0 Å². The fourth-order valence-electron chi connectivity index (χ4n) is 4.06. The second-order valence-corrected chi connectivity index (χ2v) is 9.30. The number of amides is 4. The lowest BCUT2D eigenvalue weighted by atomic mass is 10.0. The van der Waals surface area contributed by atoms with Crippen LogP contribution in [-0.2, 0) is 27.4 Å². The van der Waals surface area contributed by atoms with Crippen LogP contribution in [0.25, 0.3) is 0 Å². The van der Waals surface area contributed by atoms with Crippen molar-refractivity contribution in [3.05, 3.63) is 23.3 Å². The fourth-order valence-corrected chi connectivity index (χ4v) is 4.06. The summed E-state index contributed by atoms with van der Waals surface area (Å²) < 4.78 is 5.42. The van der Waals surface area contributed by atoms with Crippen molar-refractivity contribution in [1.29, 1.82) is 0 Å². The third-order valence-electron chi connectivity index (χ3n) is 5.69. The van der Waals surface area contributed by atoms with Gasteiger partial charge in [-0.3, -0.25) is 24.6 Å². The molecule has 0 bridgehead atoms. The van der Waals surface area contributed by atoms with Crippen LogP contribution in [0.15, 0.2) is 6.20 Å². The number of nitrogens with one attached hydrogen (secondary N) is 1. The zero-order chi connectivity index (χ0) is 23.0. The van der Waals surface area contributed by atoms with E-state index < -0.39 is 17.6 Å². The van der Waals surface area contributed by atoms with Gasteiger partial charge in [0.25, 0.3) is 5.91 Å². The molecule has 172 valence electrons. The highest BCUT2D eigenvalue weighted by Crippen LogP contribution is 2.26. The minimum atomic E-state index is -0.668. The first-order valence-corrected chi connectivity index (χ1v) is 10.8. The predicted molar refractivity (Wildman–Crippen MR) is 111 cm³/mol. The maximum atomic E-state index is 12.9. The van der Waals surface area contributed by atoms with Gasteiger partial charge in [-0.1, -0.05) is 0 Å². The van der Waals surface area contributed by atoms with Crippen molar-refractivity contribution in [1.82, 2.24) is 30.0 Å². The number of hydrogen-bond acceptors (Lipinski definition) is 8. The second kappa shape index (κ2) is 8.45. The quantitative estimate of drug-likeness (QED) is 0.660. The van der Waals surface area contributed by atoms with Crippen molar-refractivity contribution >= 4 is 23.8 Å². The summed E-state index contributed by atoms with van der Waals surface area (Å²) >= 11 is 0. The average molecular weight is 444 g/mol. The van der Waals surface area contributed by atoms with Gasteiger partial charge in [-0.15, -0.1) is 0 Å². The summed E-state index contributed by atoms with van der Waals surface area (Å²) in [5.74, 6) is -0.552. The van der Waals surface area contributed by atoms with E-state index in [-0.39, 0.29) is 30.9 Å². The van der Waals surface area contributed by atoms with Gasteiger partial charge in [0.15, 0.2) is 0 Å². The Hall–Kier alpha value is -3.08. The van der Waals surface area contributed by atoms with Crippen molar-refractivity contribution in [2.75, 3.05) is 26.2 Å². The molecule has 2 saturated heterocycles. The van der Waals surface area contributed by atoms with E-state index in [1.165, 1.54) is 4.90 Å². The van der Waals surface area contributed by atoms with Crippen molar-refractivity contribution in [2.24, 2.45) is 0 Å². The van der Waals surface area contributed by atoms with Gasteiger partial charge in [-0.05, 0) is 27.2 Å². The first kappa shape index (κ1) is 22.1. The summed E-state index contributed by atoms with van der Waals surface area (Å²) in [5, 5.41) is 2.29. The molecule has 32 heavy (non-hydrogen) atoms. The number of carbonyl (C=O) groups excluding carboxylic acids is 4. The van der Waals surface area contributed by atoms with E-state index in [0.717, 1.165) is 0 Å². The van der Waals surface area contributed by atoms with E-state index in [9.17, 15) is 19.2 Å². The van der Waals surface area contributed by atoms with Gasteiger partial charge < -0.3 is 14.5 Å². The molecule has 1 N–H and O–H groups in total. The van der Waals surface area contributed by atoms with E-state index in [1.807, 2.05) is 20.8 Å². The fraction of sp³-hybridized carbons (Fsp3) is 0.619. The number of aromatic nitrogens is 2. The smallest absolute Gasteiger partial charge is 0.410 e. The number of imide groups is 1. The number of fused-ring (bicyclic) bond motifs is 1. The van der Waals surface area contributed by atoms with Crippen molar-refractivity contribution in [3.63, 3.8) is 0 Å². The summed E-state index contributed by atoms with van der Waals surface area (Å²) in [6.07, 6.45) is 1.85. The highest BCUT2D eigenvalue weighted by atomic mass is 16.6. The van der Waals surface area contributed by atoms with Crippen LogP contribution >= 0.6 is 0 Å². The second-order valence-electron chi connectivity index (χ2n) is 9.30. The van der Waals surface area contributed by atoms with Crippen LogP contribution in [0.5, 0.6) is 0 Å². The van der Waals surface area contributed by atoms with E-state index in [0.29, 0.717) is 56.2 Å². The standard InChI is InChI=1S/C21H28N6O5/c1-21(2,3)32-20(31)26-8-6-25(7-9-26)12-15-22-10-13-11-27(19(30)17(13)23-15)14-4-5-16(28)24-18(14)29/h10,14H,4-9,11-12H2,1-3H3,(H,24,28,29). The summed E-state index contributed by atoms with van der Waals surface area (Å²) in [6, 6.07) is -0.668. The maximum Gasteiger partial charge on any atom is 0.410 e. The zero-order valence-electron chi connectivity index (χ0n) is 18.6. The Kier molecular flexibility index (Phi) is 5.85. The Balaban J connectivity index is 1.35. The van der Waals surface area contributed by atoms with Gasteiger partial charge in [0, 0.05) is 44.4 Å². The molecule has 3 aliphatic rings. The Bertz CT molecular complexity index is 950. The molecular weight excluding hydrogens is 416 g/mol. The largest absolute Gasteiger partial charge is 0.444 e. The molecule has 11 nitrogen and oxygen atoms in total. The minimum absolute atomic E-state index is 0.211. The third kappa shape index (κ3) is 4.72. The van der Waals surface area contributed by atoms with Gasteiger partial charge in [-0.25, -0.2) is 14.8 Å². The molecule has 4 rings (SSSR count). The monoisotopic (exact) mass is 444 g/mol. The number of piperazine rings is 1. The topological polar surface area (TPSA) is 125 Å². The molecule has 0 aliphatic carbocycles. The van der Waals surface area contributed by atoms with Crippen LogP contribution in [0, 0.1) is 0 Å². The third-order valence-corrected chi connectivity index (χ3v) is 5.69. The van der Waals surface area contributed by atoms with Crippen LogP contribution in [0.4, 0.5) is 4.79 Å². The van der Waals surface area contributed by atoms with Crippen molar-refractivity contribution < 1.29 is 23.9 Å². The molecule has 1 unspecified atom stereocenters. The van der Waals surface area contributed by atoms with Gasteiger partial charge >= 0.3 is 6.09 Å². The number of piperidine rings is 1. The first-order chi connectivity index (χ1) is 15.1. The summed E-state index contributed by atoms with van der Waals surface area (Å²) in [6.45, 7) is 8.63. The molecule has 0 aromatic carbocycles. The SMILES string of the molecule is CC(C)(C)OC(=O)N1CCN(Cc2ncc3c(n2)C(=O)N(C2CCC(=O)NC2=O)C3)CC1. The maximum absolute atomic E-state index is 12.9. The molecular formula is C21H28N6O5. The number of rotatable bonds is 3. The molecule has 0 spiro atoms. The number of nitrogens with zero attached hydrogens (tertiary/aromatic N) is 5. The molecule has 3 aliphatic heterocycles. The van der Waals surface area contributed by atoms with Gasteiger partial charge in [0.2, 0.25) is 11.8 Å².